The number of amides is 3. The summed E-state index contributed by atoms with van der Waals surface area (Å²) in [6.07, 6.45) is 1.58. The number of imide groups is 1. The standard InChI is InChI=1S/C23H24N2O5/c1-3-5-13-25-21(27)18-12-11-16(14-19(18)22(25)28)23(29)30-15-20(26)24(4-2)17-9-7-6-8-10-17/h6-12,14H,3-5,13,15H2,1-2H3. The molecule has 0 aliphatic carbocycles. The lowest BCUT2D eigenvalue weighted by Crippen LogP contribution is -2.34. The van der Waals surface area contributed by atoms with E-state index in [9.17, 15) is 19.2 Å². The van der Waals surface area contributed by atoms with Gasteiger partial charge in [0.05, 0.1) is 16.7 Å². The molecule has 3 amide bonds. The molecule has 0 fully saturated rings. The van der Waals surface area contributed by atoms with Crippen LogP contribution in [0, 0.1) is 0 Å². The van der Waals surface area contributed by atoms with Crippen molar-refractivity contribution in [3.63, 3.8) is 0 Å². The van der Waals surface area contributed by atoms with E-state index >= 15 is 0 Å². The lowest BCUT2D eigenvalue weighted by atomic mass is 10.1. The van der Waals surface area contributed by atoms with Crippen LogP contribution in [0.4, 0.5) is 5.69 Å². The zero-order chi connectivity index (χ0) is 21.7. The number of rotatable bonds is 8. The summed E-state index contributed by atoms with van der Waals surface area (Å²) < 4.78 is 5.17. The van der Waals surface area contributed by atoms with Gasteiger partial charge in [0.15, 0.2) is 6.61 Å². The smallest absolute Gasteiger partial charge is 0.338 e. The topological polar surface area (TPSA) is 84.0 Å². The quantitative estimate of drug-likeness (QED) is 0.494. The normalized spacial score (nSPS) is 12.7. The molecule has 1 aliphatic rings. The van der Waals surface area contributed by atoms with Gasteiger partial charge in [0.25, 0.3) is 17.7 Å². The summed E-state index contributed by atoms with van der Waals surface area (Å²) in [7, 11) is 0. The van der Waals surface area contributed by atoms with Crippen LogP contribution in [0.1, 0.15) is 57.8 Å². The van der Waals surface area contributed by atoms with Crippen LogP contribution in [0.5, 0.6) is 0 Å². The molecule has 30 heavy (non-hydrogen) atoms. The van der Waals surface area contributed by atoms with Crippen molar-refractivity contribution in [2.24, 2.45) is 0 Å². The Kier molecular flexibility index (Phi) is 6.61. The lowest BCUT2D eigenvalue weighted by molar-refractivity contribution is -0.121. The van der Waals surface area contributed by atoms with E-state index in [1.165, 1.54) is 28.0 Å². The molecule has 1 aliphatic heterocycles. The van der Waals surface area contributed by atoms with E-state index in [2.05, 4.69) is 0 Å². The zero-order valence-corrected chi connectivity index (χ0v) is 17.1. The second kappa shape index (κ2) is 9.35. The third-order valence-electron chi connectivity index (χ3n) is 4.95. The molecule has 0 spiro atoms. The van der Waals surface area contributed by atoms with Crippen molar-refractivity contribution in [1.82, 2.24) is 4.90 Å². The average Bonchev–Trinajstić information content (AvgIpc) is 3.01. The molecule has 7 nitrogen and oxygen atoms in total. The number of unbranched alkanes of at least 4 members (excludes halogenated alkanes) is 1. The van der Waals surface area contributed by atoms with E-state index < -0.39 is 18.5 Å². The van der Waals surface area contributed by atoms with Gasteiger partial charge in [0.2, 0.25) is 0 Å². The van der Waals surface area contributed by atoms with Gasteiger partial charge in [-0.15, -0.1) is 0 Å². The molecule has 0 aromatic heterocycles. The molecule has 0 bridgehead atoms. The first kappa shape index (κ1) is 21.2. The summed E-state index contributed by atoms with van der Waals surface area (Å²) >= 11 is 0. The SMILES string of the molecule is CCCCN1C(=O)c2ccc(C(=O)OCC(=O)N(CC)c3ccccc3)cc2C1=O. The minimum absolute atomic E-state index is 0.128. The molecule has 1 heterocycles. The molecule has 0 unspecified atom stereocenters. The summed E-state index contributed by atoms with van der Waals surface area (Å²) in [6, 6.07) is 13.4. The maximum absolute atomic E-state index is 12.5. The molecule has 156 valence electrons. The van der Waals surface area contributed by atoms with Gasteiger partial charge in [0, 0.05) is 18.8 Å². The number of likely N-dealkylation sites (N-methyl/N-ethyl adjacent to an activating group) is 1. The van der Waals surface area contributed by atoms with E-state index in [0.29, 0.717) is 13.1 Å². The number of esters is 1. The first-order chi connectivity index (χ1) is 14.5. The molecule has 0 N–H and O–H groups in total. The fourth-order valence-electron chi connectivity index (χ4n) is 3.34. The number of carbonyl (C=O) groups is 4. The highest BCUT2D eigenvalue weighted by Gasteiger charge is 2.35. The minimum Gasteiger partial charge on any atom is -0.452 e. The van der Waals surface area contributed by atoms with Crippen LogP contribution in [-0.2, 0) is 9.53 Å². The molecule has 2 aromatic rings. The van der Waals surface area contributed by atoms with Crippen molar-refractivity contribution in [2.45, 2.75) is 26.7 Å². The number of ether oxygens (including phenoxy) is 1. The number of fused-ring (bicyclic) bond motifs is 1. The summed E-state index contributed by atoms with van der Waals surface area (Å²) in [6.45, 7) is 4.17. The Labute approximate surface area is 175 Å². The highest BCUT2D eigenvalue weighted by molar-refractivity contribution is 6.22. The second-order valence-electron chi connectivity index (χ2n) is 6.93. The number of carbonyl (C=O) groups excluding carboxylic acids is 4. The van der Waals surface area contributed by atoms with Gasteiger partial charge < -0.3 is 9.64 Å². The van der Waals surface area contributed by atoms with Crippen molar-refractivity contribution in [3.8, 4) is 0 Å². The monoisotopic (exact) mass is 408 g/mol. The van der Waals surface area contributed by atoms with Crippen molar-refractivity contribution in [3.05, 3.63) is 65.2 Å². The van der Waals surface area contributed by atoms with Gasteiger partial charge in [0.1, 0.15) is 0 Å². The molecule has 0 radical (unpaired) electrons. The predicted octanol–water partition coefficient (Wildman–Crippen LogP) is 3.29. The molecule has 2 aromatic carbocycles. The number of anilines is 1. The van der Waals surface area contributed by atoms with E-state index in [-0.39, 0.29) is 28.5 Å². The Hall–Kier alpha value is -3.48. The van der Waals surface area contributed by atoms with E-state index in [1.54, 1.807) is 12.1 Å². The number of benzene rings is 2. The zero-order valence-electron chi connectivity index (χ0n) is 17.1. The highest BCUT2D eigenvalue weighted by Crippen LogP contribution is 2.25. The number of para-hydroxylation sites is 1. The number of hydrogen-bond acceptors (Lipinski definition) is 5. The molecule has 0 saturated heterocycles. The Balaban J connectivity index is 1.67. The Morgan fingerprint density at radius 3 is 2.33 bits per heavy atom. The molecule has 3 rings (SSSR count). The van der Waals surface area contributed by atoms with Crippen LogP contribution < -0.4 is 4.90 Å². The van der Waals surface area contributed by atoms with Gasteiger partial charge in [-0.1, -0.05) is 31.5 Å². The summed E-state index contributed by atoms with van der Waals surface area (Å²) in [5, 5.41) is 0. The fraction of sp³-hybridized carbons (Fsp3) is 0.304. The van der Waals surface area contributed by atoms with Crippen molar-refractivity contribution in [1.29, 1.82) is 0 Å². The molecule has 0 saturated carbocycles. The molecular formula is C23H24N2O5. The first-order valence-electron chi connectivity index (χ1n) is 10.0. The first-order valence-corrected chi connectivity index (χ1v) is 10.0. The maximum atomic E-state index is 12.5. The van der Waals surface area contributed by atoms with Crippen LogP contribution in [0.3, 0.4) is 0 Å². The van der Waals surface area contributed by atoms with Crippen LogP contribution in [0.25, 0.3) is 0 Å². The van der Waals surface area contributed by atoms with Gasteiger partial charge in [-0.3, -0.25) is 19.3 Å². The third-order valence-corrected chi connectivity index (χ3v) is 4.95. The van der Waals surface area contributed by atoms with Gasteiger partial charge >= 0.3 is 5.97 Å². The van der Waals surface area contributed by atoms with Crippen LogP contribution in [0.15, 0.2) is 48.5 Å². The van der Waals surface area contributed by atoms with Crippen molar-refractivity contribution in [2.75, 3.05) is 24.6 Å². The highest BCUT2D eigenvalue weighted by atomic mass is 16.5. The van der Waals surface area contributed by atoms with Crippen LogP contribution in [-0.4, -0.2) is 48.3 Å². The summed E-state index contributed by atoms with van der Waals surface area (Å²) in [5.41, 5.74) is 1.32. The predicted molar refractivity (Wildman–Crippen MR) is 111 cm³/mol. The van der Waals surface area contributed by atoms with Gasteiger partial charge in [-0.2, -0.15) is 0 Å². The van der Waals surface area contributed by atoms with E-state index in [4.69, 9.17) is 4.74 Å². The third kappa shape index (κ3) is 4.25. The fourth-order valence-corrected chi connectivity index (χ4v) is 3.34. The maximum Gasteiger partial charge on any atom is 0.338 e. The Morgan fingerprint density at radius 1 is 0.967 bits per heavy atom. The summed E-state index contributed by atoms with van der Waals surface area (Å²) in [4.78, 5) is 52.6. The van der Waals surface area contributed by atoms with Gasteiger partial charge in [-0.05, 0) is 43.7 Å². The van der Waals surface area contributed by atoms with Crippen molar-refractivity contribution >= 4 is 29.4 Å². The largest absolute Gasteiger partial charge is 0.452 e. The second-order valence-corrected chi connectivity index (χ2v) is 6.93. The average molecular weight is 408 g/mol. The minimum atomic E-state index is -0.720. The van der Waals surface area contributed by atoms with Crippen molar-refractivity contribution < 1.29 is 23.9 Å². The Bertz CT molecular complexity index is 971. The molecule has 0 atom stereocenters. The number of hydrogen-bond donors (Lipinski definition) is 0. The number of nitrogens with zero attached hydrogens (tertiary/aromatic N) is 2. The Morgan fingerprint density at radius 2 is 1.67 bits per heavy atom. The van der Waals surface area contributed by atoms with Crippen LogP contribution >= 0.6 is 0 Å². The van der Waals surface area contributed by atoms with Gasteiger partial charge in [-0.25, -0.2) is 4.79 Å². The lowest BCUT2D eigenvalue weighted by Gasteiger charge is -2.20. The van der Waals surface area contributed by atoms with Crippen LogP contribution in [0.2, 0.25) is 0 Å². The summed E-state index contributed by atoms with van der Waals surface area (Å²) in [5.74, 6) is -1.83. The van der Waals surface area contributed by atoms with E-state index in [0.717, 1.165) is 18.5 Å². The van der Waals surface area contributed by atoms with E-state index in [1.807, 2.05) is 32.0 Å². The molecular weight excluding hydrogens is 384 g/mol. The molecule has 7 heteroatoms.